The number of hydrogen-bond donors (Lipinski definition) is 3. The van der Waals surface area contributed by atoms with E-state index in [1.54, 1.807) is 6.07 Å². The molecular weight excluding hydrogens is 280 g/mol. The first kappa shape index (κ1) is 16.1. The summed E-state index contributed by atoms with van der Waals surface area (Å²) < 4.78 is 0. The molecule has 4 N–H and O–H groups in total. The molecule has 1 aromatic rings. The molecule has 0 aromatic heterocycles. The van der Waals surface area contributed by atoms with Gasteiger partial charge in [0, 0.05) is 31.2 Å². The highest BCUT2D eigenvalue weighted by atomic mass is 16.3. The summed E-state index contributed by atoms with van der Waals surface area (Å²) in [6, 6.07) is 7.74. The van der Waals surface area contributed by atoms with Gasteiger partial charge in [-0.2, -0.15) is 5.26 Å². The number of piperidine rings is 1. The van der Waals surface area contributed by atoms with Gasteiger partial charge in [0.1, 0.15) is 6.07 Å². The Labute approximate surface area is 130 Å². The minimum absolute atomic E-state index is 0.0833. The van der Waals surface area contributed by atoms with Crippen molar-refractivity contribution >= 4 is 17.3 Å². The molecule has 0 saturated carbocycles. The SMILES string of the molecule is CC(CC(N)=O)Nc1ccc(N2CCC(O)CC2)c(C#N)c1. The van der Waals surface area contributed by atoms with Gasteiger partial charge in [0.05, 0.1) is 17.4 Å². The molecule has 0 radical (unpaired) electrons. The van der Waals surface area contributed by atoms with Crippen molar-refractivity contribution in [1.29, 1.82) is 5.26 Å². The lowest BCUT2D eigenvalue weighted by atomic mass is 10.0. The zero-order valence-electron chi connectivity index (χ0n) is 12.7. The third-order valence-electron chi connectivity index (χ3n) is 3.84. The second kappa shape index (κ2) is 7.14. The van der Waals surface area contributed by atoms with Crippen LogP contribution >= 0.6 is 0 Å². The van der Waals surface area contributed by atoms with E-state index in [9.17, 15) is 15.2 Å². The van der Waals surface area contributed by atoms with E-state index in [0.29, 0.717) is 5.56 Å². The van der Waals surface area contributed by atoms with Crippen molar-refractivity contribution in [2.24, 2.45) is 5.73 Å². The molecule has 1 unspecified atom stereocenters. The number of nitrogens with two attached hydrogens (primary N) is 1. The smallest absolute Gasteiger partial charge is 0.219 e. The Morgan fingerprint density at radius 3 is 2.82 bits per heavy atom. The molecule has 1 amide bonds. The number of nitriles is 1. The fourth-order valence-electron chi connectivity index (χ4n) is 2.74. The fraction of sp³-hybridized carbons (Fsp3) is 0.500. The van der Waals surface area contributed by atoms with Crippen LogP contribution in [0.25, 0.3) is 0 Å². The van der Waals surface area contributed by atoms with E-state index in [1.165, 1.54) is 0 Å². The van der Waals surface area contributed by atoms with Gasteiger partial charge >= 0.3 is 0 Å². The summed E-state index contributed by atoms with van der Waals surface area (Å²) in [5, 5.41) is 22.1. The van der Waals surface area contributed by atoms with Crippen molar-refractivity contribution in [3.63, 3.8) is 0 Å². The third-order valence-corrected chi connectivity index (χ3v) is 3.84. The maximum atomic E-state index is 10.9. The molecule has 2 rings (SSSR count). The highest BCUT2D eigenvalue weighted by Crippen LogP contribution is 2.27. The number of nitrogens with one attached hydrogen (secondary N) is 1. The Balaban J connectivity index is 2.11. The van der Waals surface area contributed by atoms with Crippen molar-refractivity contribution in [3.8, 4) is 6.07 Å². The maximum absolute atomic E-state index is 10.9. The minimum atomic E-state index is -0.357. The molecule has 1 fully saturated rings. The van der Waals surface area contributed by atoms with E-state index in [2.05, 4.69) is 16.3 Å². The normalized spacial score (nSPS) is 16.9. The quantitative estimate of drug-likeness (QED) is 0.758. The zero-order valence-corrected chi connectivity index (χ0v) is 12.7. The van der Waals surface area contributed by atoms with E-state index in [0.717, 1.165) is 37.3 Å². The van der Waals surface area contributed by atoms with Crippen molar-refractivity contribution in [1.82, 2.24) is 0 Å². The molecule has 1 aromatic carbocycles. The van der Waals surface area contributed by atoms with Gasteiger partial charge < -0.3 is 21.1 Å². The average Bonchev–Trinajstić information content (AvgIpc) is 2.47. The predicted molar refractivity (Wildman–Crippen MR) is 85.5 cm³/mol. The average molecular weight is 302 g/mol. The standard InChI is InChI=1S/C16H22N4O2/c1-11(8-16(18)22)19-13-2-3-15(12(9-13)10-17)20-6-4-14(21)5-7-20/h2-3,9,11,14,19,21H,4-8H2,1H3,(H2,18,22). The Morgan fingerprint density at radius 1 is 1.55 bits per heavy atom. The summed E-state index contributed by atoms with van der Waals surface area (Å²) in [4.78, 5) is 13.0. The second-order valence-corrected chi connectivity index (χ2v) is 5.78. The molecule has 1 saturated heterocycles. The molecule has 6 nitrogen and oxygen atoms in total. The van der Waals surface area contributed by atoms with Crippen LogP contribution in [-0.4, -0.2) is 36.2 Å². The first-order valence-corrected chi connectivity index (χ1v) is 7.51. The molecule has 22 heavy (non-hydrogen) atoms. The summed E-state index contributed by atoms with van der Waals surface area (Å²) in [7, 11) is 0. The van der Waals surface area contributed by atoms with Crippen LogP contribution in [0.5, 0.6) is 0 Å². The molecule has 1 aliphatic heterocycles. The Morgan fingerprint density at radius 2 is 2.23 bits per heavy atom. The molecule has 0 bridgehead atoms. The van der Waals surface area contributed by atoms with Crippen LogP contribution in [0.1, 0.15) is 31.7 Å². The highest BCUT2D eigenvalue weighted by Gasteiger charge is 2.19. The molecule has 118 valence electrons. The topological polar surface area (TPSA) is 102 Å². The van der Waals surface area contributed by atoms with Crippen LogP contribution in [-0.2, 0) is 4.79 Å². The number of aliphatic hydroxyl groups excluding tert-OH is 1. The number of carbonyl (C=O) groups is 1. The van der Waals surface area contributed by atoms with Crippen LogP contribution in [0.2, 0.25) is 0 Å². The van der Waals surface area contributed by atoms with Crippen LogP contribution < -0.4 is 16.0 Å². The lowest BCUT2D eigenvalue weighted by molar-refractivity contribution is -0.118. The second-order valence-electron chi connectivity index (χ2n) is 5.78. The number of primary amides is 1. The van der Waals surface area contributed by atoms with E-state index < -0.39 is 0 Å². The number of aliphatic hydroxyl groups is 1. The molecule has 0 aliphatic carbocycles. The first-order valence-electron chi connectivity index (χ1n) is 7.51. The fourth-order valence-corrected chi connectivity index (χ4v) is 2.74. The van der Waals surface area contributed by atoms with Gasteiger partial charge in [-0.15, -0.1) is 0 Å². The lowest BCUT2D eigenvalue weighted by Gasteiger charge is -2.32. The zero-order chi connectivity index (χ0) is 16.1. The van der Waals surface area contributed by atoms with Gasteiger partial charge in [0.25, 0.3) is 0 Å². The summed E-state index contributed by atoms with van der Waals surface area (Å²) in [6.07, 6.45) is 1.45. The van der Waals surface area contributed by atoms with Crippen molar-refractivity contribution < 1.29 is 9.90 Å². The van der Waals surface area contributed by atoms with Crippen LogP contribution in [0.15, 0.2) is 18.2 Å². The number of anilines is 2. The molecular formula is C16H22N4O2. The minimum Gasteiger partial charge on any atom is -0.393 e. The van der Waals surface area contributed by atoms with E-state index in [1.807, 2.05) is 19.1 Å². The lowest BCUT2D eigenvalue weighted by Crippen LogP contribution is -2.36. The number of carbonyl (C=O) groups excluding carboxylic acids is 1. The third kappa shape index (κ3) is 4.12. The molecule has 0 spiro atoms. The van der Waals surface area contributed by atoms with Crippen molar-refractivity contribution in [2.45, 2.75) is 38.3 Å². The van der Waals surface area contributed by atoms with Gasteiger partial charge in [-0.05, 0) is 38.0 Å². The van der Waals surface area contributed by atoms with Crippen LogP contribution in [0.4, 0.5) is 11.4 Å². The van der Waals surface area contributed by atoms with Crippen molar-refractivity contribution in [3.05, 3.63) is 23.8 Å². The Hall–Kier alpha value is -2.26. The van der Waals surface area contributed by atoms with Gasteiger partial charge in [-0.25, -0.2) is 0 Å². The largest absolute Gasteiger partial charge is 0.393 e. The Bertz CT molecular complexity index is 574. The number of nitrogens with zero attached hydrogens (tertiary/aromatic N) is 2. The van der Waals surface area contributed by atoms with Gasteiger partial charge in [-0.3, -0.25) is 4.79 Å². The number of amides is 1. The molecule has 1 atom stereocenters. The Kier molecular flexibility index (Phi) is 5.23. The summed E-state index contributed by atoms with van der Waals surface area (Å²) >= 11 is 0. The molecule has 1 heterocycles. The number of benzene rings is 1. The van der Waals surface area contributed by atoms with Gasteiger partial charge in [-0.1, -0.05) is 0 Å². The summed E-state index contributed by atoms with van der Waals surface area (Å²) in [6.45, 7) is 3.37. The first-order chi connectivity index (χ1) is 10.5. The highest BCUT2D eigenvalue weighted by molar-refractivity contribution is 5.75. The van der Waals surface area contributed by atoms with E-state index >= 15 is 0 Å². The number of rotatable bonds is 5. The van der Waals surface area contributed by atoms with Crippen LogP contribution in [0.3, 0.4) is 0 Å². The van der Waals surface area contributed by atoms with Gasteiger partial charge in [0.2, 0.25) is 5.91 Å². The predicted octanol–water partition coefficient (Wildman–Crippen LogP) is 1.20. The van der Waals surface area contributed by atoms with Gasteiger partial charge in [0.15, 0.2) is 0 Å². The molecule has 1 aliphatic rings. The maximum Gasteiger partial charge on any atom is 0.219 e. The van der Waals surface area contributed by atoms with Crippen LogP contribution in [0, 0.1) is 11.3 Å². The van der Waals surface area contributed by atoms with E-state index in [-0.39, 0.29) is 24.5 Å². The van der Waals surface area contributed by atoms with Crippen molar-refractivity contribution in [2.75, 3.05) is 23.3 Å². The molecule has 6 heteroatoms. The summed E-state index contributed by atoms with van der Waals surface area (Å²) in [5.41, 5.74) is 7.46. The summed E-state index contributed by atoms with van der Waals surface area (Å²) in [5.74, 6) is -0.357. The number of hydrogen-bond acceptors (Lipinski definition) is 5. The van der Waals surface area contributed by atoms with E-state index in [4.69, 9.17) is 5.73 Å². The monoisotopic (exact) mass is 302 g/mol.